The number of fused-ring (bicyclic) bond motifs is 2. The summed E-state index contributed by atoms with van der Waals surface area (Å²) >= 11 is 0. The third-order valence-electron chi connectivity index (χ3n) is 4.64. The Morgan fingerprint density at radius 2 is 2.08 bits per heavy atom. The second kappa shape index (κ2) is 6.11. The molecule has 124 valence electrons. The van der Waals surface area contributed by atoms with Crippen LogP contribution in [0.2, 0.25) is 0 Å². The maximum Gasteiger partial charge on any atom is 0.230 e. The summed E-state index contributed by atoms with van der Waals surface area (Å²) in [4.78, 5) is 23.7. The fraction of sp³-hybridized carbons (Fsp3) is 0.389. The van der Waals surface area contributed by atoms with Gasteiger partial charge in [-0.2, -0.15) is 0 Å². The highest BCUT2D eigenvalue weighted by Gasteiger charge is 2.21. The molecule has 2 amide bonds. The van der Waals surface area contributed by atoms with Gasteiger partial charge >= 0.3 is 0 Å². The van der Waals surface area contributed by atoms with Gasteiger partial charge in [0.15, 0.2) is 5.82 Å². The summed E-state index contributed by atoms with van der Waals surface area (Å²) < 4.78 is 5.32. The highest BCUT2D eigenvalue weighted by molar-refractivity contribution is 5.94. The summed E-state index contributed by atoms with van der Waals surface area (Å²) in [5.74, 6) is 1.42. The van der Waals surface area contributed by atoms with Gasteiger partial charge in [-0.1, -0.05) is 17.3 Å². The monoisotopic (exact) mass is 325 g/mol. The minimum absolute atomic E-state index is 0.0452. The number of hydrogen-bond acceptors (Lipinski definition) is 4. The van der Waals surface area contributed by atoms with Crippen LogP contribution in [0.5, 0.6) is 0 Å². The molecule has 0 bridgehead atoms. The van der Waals surface area contributed by atoms with Gasteiger partial charge in [-0.3, -0.25) is 9.59 Å². The van der Waals surface area contributed by atoms with Crippen molar-refractivity contribution in [2.24, 2.45) is 0 Å². The molecule has 1 aromatic heterocycles. The summed E-state index contributed by atoms with van der Waals surface area (Å²) in [6, 6.07) is 5.74. The zero-order valence-corrected chi connectivity index (χ0v) is 13.4. The number of amides is 2. The van der Waals surface area contributed by atoms with Crippen molar-refractivity contribution in [1.29, 1.82) is 0 Å². The van der Waals surface area contributed by atoms with Crippen LogP contribution in [0.4, 0.5) is 11.5 Å². The van der Waals surface area contributed by atoms with Crippen molar-refractivity contribution in [3.05, 3.63) is 40.6 Å². The van der Waals surface area contributed by atoms with Crippen LogP contribution in [0.3, 0.4) is 0 Å². The maximum absolute atomic E-state index is 12.3. The third-order valence-corrected chi connectivity index (χ3v) is 4.64. The van der Waals surface area contributed by atoms with E-state index in [1.807, 2.05) is 18.2 Å². The van der Waals surface area contributed by atoms with Crippen LogP contribution in [0.1, 0.15) is 41.7 Å². The lowest BCUT2D eigenvalue weighted by Gasteiger charge is -2.17. The third kappa shape index (κ3) is 2.91. The van der Waals surface area contributed by atoms with Crippen molar-refractivity contribution in [2.45, 2.75) is 44.9 Å². The number of nitrogens with zero attached hydrogens (tertiary/aromatic N) is 1. The molecule has 0 fully saturated rings. The van der Waals surface area contributed by atoms with Crippen LogP contribution >= 0.6 is 0 Å². The minimum Gasteiger partial charge on any atom is -0.359 e. The van der Waals surface area contributed by atoms with E-state index in [0.29, 0.717) is 18.7 Å². The summed E-state index contributed by atoms with van der Waals surface area (Å²) in [5.41, 5.74) is 3.90. The van der Waals surface area contributed by atoms with E-state index in [4.69, 9.17) is 4.52 Å². The van der Waals surface area contributed by atoms with E-state index in [0.717, 1.165) is 53.8 Å². The van der Waals surface area contributed by atoms with Gasteiger partial charge in [-0.05, 0) is 42.9 Å². The van der Waals surface area contributed by atoms with E-state index in [2.05, 4.69) is 15.8 Å². The molecule has 0 unspecified atom stereocenters. The second-order valence-electron chi connectivity index (χ2n) is 6.40. The summed E-state index contributed by atoms with van der Waals surface area (Å²) in [7, 11) is 0. The van der Waals surface area contributed by atoms with Crippen molar-refractivity contribution in [1.82, 2.24) is 5.16 Å². The molecule has 1 aliphatic heterocycles. The number of aromatic nitrogens is 1. The average molecular weight is 325 g/mol. The average Bonchev–Trinajstić information content (AvgIpc) is 2.98. The van der Waals surface area contributed by atoms with E-state index in [9.17, 15) is 9.59 Å². The predicted octanol–water partition coefficient (Wildman–Crippen LogP) is 2.62. The quantitative estimate of drug-likeness (QED) is 0.908. The lowest BCUT2D eigenvalue weighted by Crippen LogP contribution is -2.20. The highest BCUT2D eigenvalue weighted by Crippen LogP contribution is 2.28. The second-order valence-corrected chi connectivity index (χ2v) is 6.40. The van der Waals surface area contributed by atoms with Crippen LogP contribution in [-0.2, 0) is 35.3 Å². The van der Waals surface area contributed by atoms with Gasteiger partial charge in [0.25, 0.3) is 0 Å². The van der Waals surface area contributed by atoms with Crippen LogP contribution in [-0.4, -0.2) is 17.0 Å². The Hall–Kier alpha value is -2.63. The predicted molar refractivity (Wildman–Crippen MR) is 88.9 cm³/mol. The fourth-order valence-electron chi connectivity index (χ4n) is 3.39. The van der Waals surface area contributed by atoms with Gasteiger partial charge in [0.05, 0.1) is 6.42 Å². The highest BCUT2D eigenvalue weighted by atomic mass is 16.5. The number of rotatable bonds is 3. The van der Waals surface area contributed by atoms with Crippen molar-refractivity contribution in [3.8, 4) is 0 Å². The summed E-state index contributed by atoms with van der Waals surface area (Å²) in [5, 5.41) is 9.72. The van der Waals surface area contributed by atoms with Crippen LogP contribution in [0, 0.1) is 0 Å². The SMILES string of the molecule is O=C1CCc2cc(CC(=O)Nc3noc4c3CCCC4)ccc2N1. The van der Waals surface area contributed by atoms with Crippen LogP contribution in [0.15, 0.2) is 22.7 Å². The molecule has 2 N–H and O–H groups in total. The minimum atomic E-state index is -0.100. The molecule has 0 saturated heterocycles. The van der Waals surface area contributed by atoms with Crippen molar-refractivity contribution in [2.75, 3.05) is 10.6 Å². The number of aryl methyl sites for hydroxylation is 2. The van der Waals surface area contributed by atoms with Crippen LogP contribution < -0.4 is 10.6 Å². The number of benzene rings is 1. The van der Waals surface area contributed by atoms with Gasteiger partial charge in [-0.15, -0.1) is 0 Å². The fourth-order valence-corrected chi connectivity index (χ4v) is 3.39. The zero-order valence-electron chi connectivity index (χ0n) is 13.4. The Morgan fingerprint density at radius 3 is 3.00 bits per heavy atom. The molecule has 0 saturated carbocycles. The lowest BCUT2D eigenvalue weighted by molar-refractivity contribution is -0.117. The summed E-state index contributed by atoms with van der Waals surface area (Å²) in [6.45, 7) is 0. The molecule has 1 aliphatic carbocycles. The molecule has 24 heavy (non-hydrogen) atoms. The van der Waals surface area contributed by atoms with Gasteiger partial charge in [0, 0.05) is 24.1 Å². The van der Waals surface area contributed by atoms with E-state index < -0.39 is 0 Å². The molecule has 0 atom stereocenters. The molecule has 6 heteroatoms. The molecule has 1 aromatic carbocycles. The molecule has 0 spiro atoms. The normalized spacial score (nSPS) is 16.1. The molecule has 2 heterocycles. The smallest absolute Gasteiger partial charge is 0.230 e. The van der Waals surface area contributed by atoms with Gasteiger partial charge in [0.2, 0.25) is 11.8 Å². The molecular weight excluding hydrogens is 306 g/mol. The van der Waals surface area contributed by atoms with E-state index in [-0.39, 0.29) is 18.2 Å². The van der Waals surface area contributed by atoms with Gasteiger partial charge in [0.1, 0.15) is 5.76 Å². The van der Waals surface area contributed by atoms with E-state index in [1.165, 1.54) is 0 Å². The standard InChI is InChI=1S/C18H19N3O3/c22-16-8-6-12-9-11(5-7-14(12)19-16)10-17(23)20-18-13-3-1-2-4-15(13)24-21-18/h5,7,9H,1-4,6,8,10H2,(H,19,22)(H,20,21,23). The number of carbonyl (C=O) groups is 2. The topological polar surface area (TPSA) is 84.2 Å². The Bertz CT molecular complexity index is 810. The molecular formula is C18H19N3O3. The zero-order chi connectivity index (χ0) is 16.5. The first-order valence-electron chi connectivity index (χ1n) is 8.38. The Balaban J connectivity index is 1.45. The molecule has 6 nitrogen and oxygen atoms in total. The first-order valence-corrected chi connectivity index (χ1v) is 8.38. The van der Waals surface area contributed by atoms with Crippen molar-refractivity contribution >= 4 is 23.3 Å². The number of nitrogens with one attached hydrogen (secondary N) is 2. The van der Waals surface area contributed by atoms with Crippen molar-refractivity contribution in [3.63, 3.8) is 0 Å². The Kier molecular flexibility index (Phi) is 3.80. The lowest BCUT2D eigenvalue weighted by atomic mass is 9.98. The first kappa shape index (κ1) is 14.9. The largest absolute Gasteiger partial charge is 0.359 e. The first-order chi connectivity index (χ1) is 11.7. The number of carbonyl (C=O) groups excluding carboxylic acids is 2. The Morgan fingerprint density at radius 1 is 1.21 bits per heavy atom. The molecule has 0 radical (unpaired) electrons. The van der Waals surface area contributed by atoms with E-state index >= 15 is 0 Å². The number of anilines is 2. The number of hydrogen-bond donors (Lipinski definition) is 2. The van der Waals surface area contributed by atoms with E-state index in [1.54, 1.807) is 0 Å². The molecule has 2 aromatic rings. The molecule has 4 rings (SSSR count). The maximum atomic E-state index is 12.3. The van der Waals surface area contributed by atoms with Gasteiger partial charge in [-0.25, -0.2) is 0 Å². The Labute approximate surface area is 139 Å². The molecule has 2 aliphatic rings. The van der Waals surface area contributed by atoms with Gasteiger partial charge < -0.3 is 15.2 Å². The van der Waals surface area contributed by atoms with Crippen molar-refractivity contribution < 1.29 is 14.1 Å². The summed E-state index contributed by atoms with van der Waals surface area (Å²) in [6.07, 6.45) is 5.51. The van der Waals surface area contributed by atoms with Crippen LogP contribution in [0.25, 0.3) is 0 Å².